The number of aromatic nitrogens is 3. The van der Waals surface area contributed by atoms with Crippen molar-refractivity contribution in [2.45, 2.75) is 269 Å². The number of rotatable bonds is 34. The Hall–Kier alpha value is -10.2. The zero-order valence-corrected chi connectivity index (χ0v) is 88.9. The number of likely N-dealkylation sites (tertiary alicyclic amines) is 2. The topological polar surface area (TPSA) is 398 Å². The molecule has 6 heterocycles. The molecule has 146 heavy (non-hydrogen) atoms. The number of carbonyl (C=O) groups excluding carboxylic acids is 7. The van der Waals surface area contributed by atoms with Crippen LogP contribution in [-0.4, -0.2) is 154 Å². The number of nitrogen functional groups attached to an aromatic ring is 1. The first-order chi connectivity index (χ1) is 67.8. The average molecular weight is 2150 g/mol. The molecule has 3 aliphatic heterocycles. The van der Waals surface area contributed by atoms with E-state index in [1.807, 2.05) is 24.4 Å². The number of esters is 3. The molecule has 793 valence electrons. The third kappa shape index (κ3) is 40.3. The number of carbonyl (C=O) groups is 7. The number of aliphatic hydroxyl groups excluding tert-OH is 1. The number of amides is 4. The van der Waals surface area contributed by atoms with Gasteiger partial charge in [0.1, 0.15) is 47.0 Å². The number of hydrogen-bond acceptors (Lipinski definition) is 22. The van der Waals surface area contributed by atoms with Crippen LogP contribution in [0.5, 0.6) is 0 Å². The molecule has 16 rings (SSSR count). The van der Waals surface area contributed by atoms with Crippen LogP contribution in [0.1, 0.15) is 270 Å². The number of anilines is 2. The van der Waals surface area contributed by atoms with Crippen LogP contribution in [-0.2, 0) is 103 Å². The molecule has 5 N–H and O–H groups in total. The van der Waals surface area contributed by atoms with Crippen molar-refractivity contribution in [3.8, 4) is 0 Å². The summed E-state index contributed by atoms with van der Waals surface area (Å²) in [5, 5.41) is 13.1. The molecule has 5 aromatic carbocycles. The number of ether oxygens (including phenoxy) is 5. The van der Waals surface area contributed by atoms with Gasteiger partial charge >= 0.3 is 76.0 Å². The molecular formula is C107H136Cl2F5MnN8NaO21S. The molecule has 0 spiro atoms. The van der Waals surface area contributed by atoms with Crippen molar-refractivity contribution < 1.29 is 150 Å². The monoisotopic (exact) mass is 2140 g/mol. The summed E-state index contributed by atoms with van der Waals surface area (Å²) in [6.45, 7) is 5.46. The quantitative estimate of drug-likeness (QED) is 0.00842. The van der Waals surface area contributed by atoms with E-state index in [0.29, 0.717) is 48.6 Å². The Morgan fingerprint density at radius 1 is 0.514 bits per heavy atom. The molecule has 2 saturated heterocycles. The zero-order valence-electron chi connectivity index (χ0n) is 83.3. The number of nitrogens with one attached hydrogen (secondary N) is 1. The third-order valence-electron chi connectivity index (χ3n) is 26.1. The fourth-order valence-electron chi connectivity index (χ4n) is 17.6. The average Bonchev–Trinajstić information content (AvgIpc) is 1.52. The van der Waals surface area contributed by atoms with Gasteiger partial charge in [0.2, 0.25) is 26.8 Å². The number of methoxy groups -OCH3 is 4. The van der Waals surface area contributed by atoms with E-state index in [0.717, 1.165) is 122 Å². The summed E-state index contributed by atoms with van der Waals surface area (Å²) in [6.07, 6.45) is 32.7. The number of benzene rings is 5. The zero-order chi connectivity index (χ0) is 103. The molecular weight excluding hydrogens is 2010 g/mol. The van der Waals surface area contributed by atoms with Crippen molar-refractivity contribution in [3.63, 3.8) is 0 Å². The predicted molar refractivity (Wildman–Crippen MR) is 536 cm³/mol. The van der Waals surface area contributed by atoms with Gasteiger partial charge in [-0.1, -0.05) is 144 Å². The van der Waals surface area contributed by atoms with E-state index in [2.05, 4.69) is 30.2 Å². The molecule has 8 aliphatic rings. The number of aliphatic hydroxyl groups is 1. The van der Waals surface area contributed by atoms with Crippen LogP contribution >= 0.6 is 23.1 Å². The summed E-state index contributed by atoms with van der Waals surface area (Å²) in [7, 11) is 6.67. The van der Waals surface area contributed by atoms with Crippen LogP contribution in [0, 0.1) is 58.7 Å². The Morgan fingerprint density at radius 3 is 1.21 bits per heavy atom. The second-order valence-corrected chi connectivity index (χ2v) is 41.5. The minimum atomic E-state index is -3.19. The van der Waals surface area contributed by atoms with Gasteiger partial charge in [-0.15, -0.1) is 12.4 Å². The first-order valence-corrected chi connectivity index (χ1v) is 52.0. The summed E-state index contributed by atoms with van der Waals surface area (Å²) in [5.74, 6) is -0.672. The van der Waals surface area contributed by atoms with Crippen molar-refractivity contribution in [3.05, 3.63) is 281 Å². The van der Waals surface area contributed by atoms with Crippen molar-refractivity contribution in [2.24, 2.45) is 29.6 Å². The normalized spacial score (nSPS) is 17.5. The molecule has 0 bridgehead atoms. The molecule has 8 atom stereocenters. The third-order valence-corrected chi connectivity index (χ3v) is 26.1. The Kier molecular flexibility index (Phi) is 51.5. The predicted octanol–water partition coefficient (Wildman–Crippen LogP) is 16.4. The van der Waals surface area contributed by atoms with Crippen LogP contribution in [0.2, 0.25) is 0 Å². The Labute approximate surface area is 889 Å². The van der Waals surface area contributed by atoms with Gasteiger partial charge in [0.05, 0.1) is 101 Å². The number of hydrogen-bond donors (Lipinski definition) is 3. The first-order valence-electron chi connectivity index (χ1n) is 48.3. The van der Waals surface area contributed by atoms with E-state index >= 15 is 0 Å². The molecule has 5 aliphatic carbocycles. The fraction of sp³-hybridized carbons (Fsp3) is 0.495. The Bertz CT molecular complexity index is 6030. The standard InChI is InChI=1S/C28H36FN3O5.C20H26FNO4.C20H24FNO3.C20H22FNO3.C17H19FN2O.CH3ClO2S.CH4.ClH.Mn.Na.H2O.2O/c1-28(2,3)37-27(35)32-17-20(36-4)16-24(32)26(34)30-22-15-19(11-12-21(22)29)23(13-10-18-8-9-18)31-14-6-5-7-25(31)33;1-26-20(25)12-15-11-14(8-9-16(15)21)17(10-7-13-5-6-13)22-18(23)3-2-4-19(22)24;2*1-25-20(24)13-16-12-15(8-9-17(16)21)18(10-7-14-5-6-14)22-11-3-2-4-19(22)23;18-14-8-7-13(11-15(14)19)16(9-6-12-4-5-12)20-10-2-1-3-17(20)21;1-5(2,3)4;;;;;;;/h5-7,11-12,14-15,18,20,23-24H,8-10,13,16-17H2,1-4H3,(H,30,34);8-9,11,13,17-18,23H,2-7,10,12H2,1H3;3,8-9,11-12,14,18H,2,4-7,10,13H2,1H3;2-4,8-9,11-12,14,18H,5-7,10,13H2,1H3;1-3,7-8,10-12,16H,4-6,9,19H2;1H3;1H4;1H;;;1H2;;/q;;;;;;;;;+1;;;/p-1/t20-,23?,24-;;;;;;;;;;;;/m1............/s1. The van der Waals surface area contributed by atoms with Gasteiger partial charge in [0.25, 0.3) is 16.7 Å². The first kappa shape index (κ1) is 124. The Morgan fingerprint density at radius 2 is 0.863 bits per heavy atom. The van der Waals surface area contributed by atoms with E-state index in [9.17, 15) is 83.4 Å². The van der Waals surface area contributed by atoms with E-state index < -0.39 is 101 Å². The number of piperidine rings is 1. The van der Waals surface area contributed by atoms with E-state index in [1.54, 1.807) is 154 Å². The van der Waals surface area contributed by atoms with Gasteiger partial charge in [-0.25, -0.2) is 35.2 Å². The van der Waals surface area contributed by atoms with E-state index in [4.69, 9.17) is 22.9 Å². The molecule has 8 aromatic rings. The van der Waals surface area contributed by atoms with Crippen LogP contribution in [0.4, 0.5) is 38.1 Å². The number of allylic oxidation sites excluding steroid dienone is 1. The van der Waals surface area contributed by atoms with Crippen molar-refractivity contribution >= 4 is 85.2 Å². The Balaban J connectivity index is 0.000000275. The number of nitrogens with two attached hydrogens (primary N) is 1. The van der Waals surface area contributed by atoms with Crippen LogP contribution in [0.15, 0.2) is 191 Å². The van der Waals surface area contributed by atoms with Crippen molar-refractivity contribution in [2.75, 3.05) is 52.3 Å². The molecule has 29 nitrogen and oxygen atoms in total. The minimum absolute atomic E-state index is 0. The summed E-state index contributed by atoms with van der Waals surface area (Å²) in [5.41, 5.74) is 9.80. The maximum absolute atomic E-state index is 14.9. The van der Waals surface area contributed by atoms with E-state index in [-0.39, 0.29) is 169 Å². The van der Waals surface area contributed by atoms with Crippen LogP contribution < -0.4 is 57.3 Å². The summed E-state index contributed by atoms with van der Waals surface area (Å²) in [4.78, 5) is 127. The van der Waals surface area contributed by atoms with Crippen LogP contribution in [0.3, 0.4) is 0 Å². The number of halogens is 7. The van der Waals surface area contributed by atoms with Gasteiger partial charge < -0.3 is 68.8 Å². The molecule has 39 heteroatoms. The van der Waals surface area contributed by atoms with E-state index in [1.165, 1.54) is 140 Å². The molecule has 4 amide bonds. The van der Waals surface area contributed by atoms with Gasteiger partial charge in [-0.05, 0) is 239 Å². The molecule has 3 aromatic heterocycles. The fourth-order valence-corrected chi connectivity index (χ4v) is 17.6. The summed E-state index contributed by atoms with van der Waals surface area (Å²) in [6, 6.07) is 36.9. The van der Waals surface area contributed by atoms with Gasteiger partial charge in [-0.3, -0.25) is 48.1 Å². The molecule has 7 fully saturated rings. The van der Waals surface area contributed by atoms with Gasteiger partial charge in [-0.2, -0.15) is 0 Å². The molecule has 0 radical (unpaired) electrons. The summed E-state index contributed by atoms with van der Waals surface area (Å²) >= 11 is -1.44. The second-order valence-electron chi connectivity index (χ2n) is 38.2. The summed E-state index contributed by atoms with van der Waals surface area (Å²) < 4.78 is 136. The van der Waals surface area contributed by atoms with Crippen molar-refractivity contribution in [1.82, 2.24) is 28.4 Å². The SMILES string of the molecule is C.COC(=O)Cc1cc(C(CCC2CC2)N2C(=O)CCCC2O)ccc1F.COC(=O)Cc1cc(C(CCC2CC2)N2C=CCCC2=O)ccc1F.COC(=O)Cc1cc(C(CCC2CC2)n2ccccc2=O)ccc1F.CO[C@@H]1C[C@H](C(=O)Nc2cc(C(CCC3CC3)n3ccccc3=O)ccc2F)N(C(=O)OC(C)(C)C)C1.CS(=O)(=O)Cl.Cl.Nc1cc(C(CCC2CC2)n2ccccc2=O)ccc1F.[Na+].[OH-].[O]=[Mn]=[O]. The molecule has 6 unspecified atom stereocenters. The second kappa shape index (κ2) is 60.4. The van der Waals surface area contributed by atoms with Gasteiger partial charge in [0, 0.05) is 80.0 Å². The molecule has 5 saturated carbocycles. The van der Waals surface area contributed by atoms with Gasteiger partial charge in [0.15, 0.2) is 0 Å². The maximum atomic E-state index is 14.9. The van der Waals surface area contributed by atoms with Crippen molar-refractivity contribution in [1.29, 1.82) is 0 Å². The van der Waals surface area contributed by atoms with Crippen LogP contribution in [0.25, 0.3) is 0 Å². The number of pyridine rings is 3. The number of nitrogens with zero attached hydrogens (tertiary/aromatic N) is 6.